The Balaban J connectivity index is 1.36. The minimum atomic E-state index is -0.368. The van der Waals surface area contributed by atoms with Crippen molar-refractivity contribution in [3.05, 3.63) is 96.1 Å². The summed E-state index contributed by atoms with van der Waals surface area (Å²) >= 11 is 0. The second-order valence-electron chi connectivity index (χ2n) is 6.38. The van der Waals surface area contributed by atoms with E-state index in [0.717, 1.165) is 0 Å². The fourth-order valence-corrected chi connectivity index (χ4v) is 2.82. The van der Waals surface area contributed by atoms with Crippen LogP contribution in [0.1, 0.15) is 22.5 Å². The average molecular weight is 388 g/mol. The van der Waals surface area contributed by atoms with Gasteiger partial charge in [-0.1, -0.05) is 35.5 Å². The monoisotopic (exact) mass is 388 g/mol. The van der Waals surface area contributed by atoms with Gasteiger partial charge in [0.1, 0.15) is 23.0 Å². The van der Waals surface area contributed by atoms with Crippen molar-refractivity contribution >= 4 is 5.78 Å². The van der Waals surface area contributed by atoms with E-state index in [-0.39, 0.29) is 18.0 Å². The number of carbonyl (C=O) groups excluding carboxylic acids is 1. The number of para-hydroxylation sites is 1. The molecule has 0 spiro atoms. The molecule has 0 radical (unpaired) electrons. The van der Waals surface area contributed by atoms with Crippen molar-refractivity contribution in [2.24, 2.45) is 0 Å². The molecule has 2 aromatic heterocycles. The number of ketones is 1. The average Bonchev–Trinajstić information content (AvgIpc) is 3.22. The van der Waals surface area contributed by atoms with Crippen molar-refractivity contribution in [2.45, 2.75) is 12.8 Å². The molecule has 6 heteroatoms. The van der Waals surface area contributed by atoms with Gasteiger partial charge in [-0.25, -0.2) is 9.37 Å². The van der Waals surface area contributed by atoms with E-state index in [1.807, 2.05) is 30.3 Å². The molecule has 2 aromatic carbocycles. The molecule has 2 heterocycles. The quantitative estimate of drug-likeness (QED) is 0.392. The van der Waals surface area contributed by atoms with Gasteiger partial charge < -0.3 is 9.26 Å². The molecule has 0 amide bonds. The van der Waals surface area contributed by atoms with Gasteiger partial charge in [0.25, 0.3) is 0 Å². The molecular weight excluding hydrogens is 371 g/mol. The highest BCUT2D eigenvalue weighted by atomic mass is 19.1. The first-order chi connectivity index (χ1) is 14.2. The minimum absolute atomic E-state index is 0.0763. The first kappa shape index (κ1) is 18.6. The van der Waals surface area contributed by atoms with E-state index in [1.165, 1.54) is 12.3 Å². The van der Waals surface area contributed by atoms with Gasteiger partial charge in [0.2, 0.25) is 5.88 Å². The molecule has 0 aliphatic heterocycles. The number of ether oxygens (including phenoxy) is 1. The second kappa shape index (κ2) is 8.48. The van der Waals surface area contributed by atoms with Gasteiger partial charge in [-0.05, 0) is 30.3 Å². The minimum Gasteiger partial charge on any atom is -0.439 e. The number of rotatable bonds is 7. The van der Waals surface area contributed by atoms with Crippen molar-refractivity contribution in [1.82, 2.24) is 10.1 Å². The Morgan fingerprint density at radius 2 is 1.79 bits per heavy atom. The Bertz CT molecular complexity index is 1110. The van der Waals surface area contributed by atoms with Crippen LogP contribution in [0.15, 0.2) is 83.5 Å². The van der Waals surface area contributed by atoms with E-state index >= 15 is 0 Å². The van der Waals surface area contributed by atoms with Crippen molar-refractivity contribution in [1.29, 1.82) is 0 Å². The fourth-order valence-electron chi connectivity index (χ4n) is 2.82. The van der Waals surface area contributed by atoms with Crippen LogP contribution in [0, 0.1) is 5.82 Å². The maximum absolute atomic E-state index is 13.8. The zero-order valence-electron chi connectivity index (χ0n) is 15.4. The first-order valence-electron chi connectivity index (χ1n) is 9.12. The van der Waals surface area contributed by atoms with Gasteiger partial charge in [-0.2, -0.15) is 0 Å². The third kappa shape index (κ3) is 4.55. The molecule has 0 saturated carbocycles. The Labute approximate surface area is 166 Å². The summed E-state index contributed by atoms with van der Waals surface area (Å²) in [5.74, 6) is 1.17. The van der Waals surface area contributed by atoms with Crippen molar-refractivity contribution < 1.29 is 18.4 Å². The molecule has 0 unspecified atom stereocenters. The van der Waals surface area contributed by atoms with E-state index in [4.69, 9.17) is 9.26 Å². The summed E-state index contributed by atoms with van der Waals surface area (Å²) in [6, 6.07) is 20.6. The van der Waals surface area contributed by atoms with Crippen LogP contribution in [0.2, 0.25) is 0 Å². The molecule has 0 fully saturated rings. The predicted octanol–water partition coefficient (Wildman–Crippen LogP) is 5.48. The number of nitrogens with zero attached hydrogens (tertiary/aromatic N) is 2. The smallest absolute Gasteiger partial charge is 0.219 e. The Kier molecular flexibility index (Phi) is 5.42. The molecule has 4 rings (SSSR count). The third-order valence-corrected chi connectivity index (χ3v) is 4.33. The molecule has 29 heavy (non-hydrogen) atoms. The van der Waals surface area contributed by atoms with E-state index in [2.05, 4.69) is 10.1 Å². The van der Waals surface area contributed by atoms with Crippen molar-refractivity contribution in [2.75, 3.05) is 0 Å². The normalized spacial score (nSPS) is 10.7. The third-order valence-electron chi connectivity index (χ3n) is 4.33. The number of aryl methyl sites for hydroxylation is 1. The molecule has 4 aromatic rings. The van der Waals surface area contributed by atoms with Crippen molar-refractivity contribution in [3.63, 3.8) is 0 Å². The topological polar surface area (TPSA) is 65.2 Å². The maximum Gasteiger partial charge on any atom is 0.219 e. The number of hydrogen-bond acceptors (Lipinski definition) is 5. The number of benzene rings is 2. The van der Waals surface area contributed by atoms with Crippen LogP contribution in [0.5, 0.6) is 11.6 Å². The molecule has 0 atom stereocenters. The molecule has 0 N–H and O–H groups in total. The number of carbonyl (C=O) groups is 1. The van der Waals surface area contributed by atoms with E-state index in [9.17, 15) is 9.18 Å². The zero-order chi connectivity index (χ0) is 20.1. The van der Waals surface area contributed by atoms with E-state index < -0.39 is 0 Å². The summed E-state index contributed by atoms with van der Waals surface area (Å²) in [6.07, 6.45) is 2.08. The van der Waals surface area contributed by atoms with Crippen LogP contribution in [0.3, 0.4) is 0 Å². The van der Waals surface area contributed by atoms with Gasteiger partial charge in [0.15, 0.2) is 5.78 Å². The van der Waals surface area contributed by atoms with Crippen LogP contribution in [-0.4, -0.2) is 15.9 Å². The van der Waals surface area contributed by atoms with Crippen LogP contribution in [-0.2, 0) is 6.42 Å². The fraction of sp³-hybridized carbons (Fsp3) is 0.0870. The Hall–Kier alpha value is -3.80. The molecule has 0 aliphatic carbocycles. The van der Waals surface area contributed by atoms with Gasteiger partial charge in [0, 0.05) is 42.3 Å². The van der Waals surface area contributed by atoms with Gasteiger partial charge in [0.05, 0.1) is 0 Å². The Morgan fingerprint density at radius 1 is 1.00 bits per heavy atom. The largest absolute Gasteiger partial charge is 0.439 e. The first-order valence-corrected chi connectivity index (χ1v) is 9.12. The highest BCUT2D eigenvalue weighted by molar-refractivity contribution is 5.95. The van der Waals surface area contributed by atoms with Gasteiger partial charge in [-0.3, -0.25) is 4.79 Å². The van der Waals surface area contributed by atoms with Crippen LogP contribution in [0.25, 0.3) is 11.3 Å². The summed E-state index contributed by atoms with van der Waals surface area (Å²) in [6.45, 7) is 0. The molecule has 5 nitrogen and oxygen atoms in total. The lowest BCUT2D eigenvalue weighted by Crippen LogP contribution is -2.01. The highest BCUT2D eigenvalue weighted by Crippen LogP contribution is 2.23. The van der Waals surface area contributed by atoms with Crippen LogP contribution < -0.4 is 4.74 Å². The summed E-state index contributed by atoms with van der Waals surface area (Å²) in [4.78, 5) is 16.6. The summed E-state index contributed by atoms with van der Waals surface area (Å²) in [5, 5.41) is 3.89. The number of Topliss-reactive ketones (excluding diaryl/α,β-unsaturated/α-hetero) is 1. The Morgan fingerprint density at radius 3 is 2.55 bits per heavy atom. The highest BCUT2D eigenvalue weighted by Gasteiger charge is 2.13. The number of aromatic nitrogens is 2. The number of hydrogen-bond donors (Lipinski definition) is 0. The van der Waals surface area contributed by atoms with Crippen molar-refractivity contribution in [3.8, 4) is 22.9 Å². The maximum atomic E-state index is 13.8. The summed E-state index contributed by atoms with van der Waals surface area (Å²) in [5.41, 5.74) is 1.26. The molecular formula is C23H17FN2O3. The van der Waals surface area contributed by atoms with Gasteiger partial charge in [-0.15, -0.1) is 0 Å². The van der Waals surface area contributed by atoms with E-state index in [1.54, 1.807) is 36.4 Å². The number of halogens is 1. The predicted molar refractivity (Wildman–Crippen MR) is 105 cm³/mol. The molecule has 0 saturated heterocycles. The van der Waals surface area contributed by atoms with E-state index in [0.29, 0.717) is 40.6 Å². The van der Waals surface area contributed by atoms with Crippen LogP contribution in [0.4, 0.5) is 4.39 Å². The number of pyridine rings is 1. The summed E-state index contributed by atoms with van der Waals surface area (Å²) < 4.78 is 24.7. The molecule has 0 bridgehead atoms. The zero-order valence-corrected chi connectivity index (χ0v) is 15.4. The lowest BCUT2D eigenvalue weighted by atomic mass is 10.1. The van der Waals surface area contributed by atoms with Crippen LogP contribution >= 0.6 is 0 Å². The standard InChI is InChI=1S/C23H17FN2O3/c24-20-9-5-4-8-19(20)21-14-18(29-26-21)11-12-22(27)16-10-13-23(25-15-16)28-17-6-2-1-3-7-17/h1-10,13-15H,11-12H2. The SMILES string of the molecule is O=C(CCc1cc(-c2ccccc2F)no1)c1ccc(Oc2ccccc2)nc1. The van der Waals surface area contributed by atoms with Gasteiger partial charge >= 0.3 is 0 Å². The molecule has 0 aliphatic rings. The lowest BCUT2D eigenvalue weighted by molar-refractivity contribution is 0.0980. The molecule has 144 valence electrons. The second-order valence-corrected chi connectivity index (χ2v) is 6.38. The summed E-state index contributed by atoms with van der Waals surface area (Å²) in [7, 11) is 0. The lowest BCUT2D eigenvalue weighted by Gasteiger charge is -2.05.